The van der Waals surface area contributed by atoms with Crippen molar-refractivity contribution in [1.82, 2.24) is 0 Å². The molecule has 2 aromatic rings. The monoisotopic (exact) mass is 227 g/mol. The first-order valence-electron chi connectivity index (χ1n) is 4.22. The molecule has 3 N–H and O–H groups in total. The van der Waals surface area contributed by atoms with Crippen molar-refractivity contribution in [3.05, 3.63) is 28.6 Å². The van der Waals surface area contributed by atoms with Crippen molar-refractivity contribution >= 4 is 38.7 Å². The van der Waals surface area contributed by atoms with Gasteiger partial charge in [-0.3, -0.25) is 0 Å². The molecule has 14 heavy (non-hydrogen) atoms. The van der Waals surface area contributed by atoms with E-state index in [-0.39, 0.29) is 6.61 Å². The summed E-state index contributed by atoms with van der Waals surface area (Å²) in [7, 11) is 0. The van der Waals surface area contributed by atoms with Crippen molar-refractivity contribution < 1.29 is 5.11 Å². The second-order valence-corrected chi connectivity index (χ2v) is 4.24. The van der Waals surface area contributed by atoms with Crippen LogP contribution >= 0.6 is 22.9 Å². The Morgan fingerprint density at radius 3 is 2.93 bits per heavy atom. The fourth-order valence-electron chi connectivity index (χ4n) is 1.56. The molecule has 0 aliphatic carbocycles. The predicted molar refractivity (Wildman–Crippen MR) is 61.7 cm³/mol. The Morgan fingerprint density at radius 2 is 2.29 bits per heavy atom. The van der Waals surface area contributed by atoms with Gasteiger partial charge in [0.2, 0.25) is 0 Å². The van der Waals surface area contributed by atoms with E-state index in [1.807, 2.05) is 17.5 Å². The first-order valence-corrected chi connectivity index (χ1v) is 5.63. The average Bonchev–Trinajstić information content (AvgIpc) is 2.66. The van der Waals surface area contributed by atoms with Crippen LogP contribution in [-0.2, 0) is 12.5 Å². The molecule has 4 heteroatoms. The van der Waals surface area contributed by atoms with Gasteiger partial charge >= 0.3 is 0 Å². The molecule has 0 aliphatic rings. The Kier molecular flexibility index (Phi) is 2.63. The summed E-state index contributed by atoms with van der Waals surface area (Å²) in [5.41, 5.74) is 8.42. The van der Waals surface area contributed by atoms with Gasteiger partial charge in [-0.05, 0) is 28.6 Å². The fraction of sp³-hybridized carbons (Fsp3) is 0.200. The molecule has 74 valence electrons. The van der Waals surface area contributed by atoms with Gasteiger partial charge in [0.15, 0.2) is 0 Å². The van der Waals surface area contributed by atoms with E-state index in [9.17, 15) is 5.11 Å². The summed E-state index contributed by atoms with van der Waals surface area (Å²) in [6.45, 7) is 0.0132. The lowest BCUT2D eigenvalue weighted by Gasteiger charge is -2.07. The largest absolute Gasteiger partial charge is 0.398 e. The van der Waals surface area contributed by atoms with Crippen molar-refractivity contribution in [3.8, 4) is 0 Å². The Labute approximate surface area is 90.9 Å². The van der Waals surface area contributed by atoms with Gasteiger partial charge in [-0.1, -0.05) is 0 Å². The third-order valence-corrected chi connectivity index (χ3v) is 3.53. The van der Waals surface area contributed by atoms with E-state index >= 15 is 0 Å². The maximum absolute atomic E-state index is 9.26. The van der Waals surface area contributed by atoms with Crippen LogP contribution in [-0.4, -0.2) is 5.11 Å². The van der Waals surface area contributed by atoms with Crippen LogP contribution in [0.2, 0.25) is 0 Å². The van der Waals surface area contributed by atoms with Crippen molar-refractivity contribution in [1.29, 1.82) is 0 Å². The van der Waals surface area contributed by atoms with Gasteiger partial charge in [-0.15, -0.1) is 22.9 Å². The van der Waals surface area contributed by atoms with Crippen LogP contribution < -0.4 is 5.73 Å². The van der Waals surface area contributed by atoms with E-state index in [1.54, 1.807) is 11.3 Å². The quantitative estimate of drug-likeness (QED) is 0.612. The second-order valence-electron chi connectivity index (χ2n) is 3.06. The van der Waals surface area contributed by atoms with Gasteiger partial charge in [0, 0.05) is 21.7 Å². The maximum Gasteiger partial charge on any atom is 0.0699 e. The van der Waals surface area contributed by atoms with Gasteiger partial charge in [0.05, 0.1) is 6.61 Å². The average molecular weight is 228 g/mol. The molecule has 0 amide bonds. The molecule has 0 aliphatic heterocycles. The van der Waals surface area contributed by atoms with Crippen LogP contribution in [0.25, 0.3) is 10.1 Å². The van der Waals surface area contributed by atoms with Crippen molar-refractivity contribution in [2.24, 2.45) is 0 Å². The number of nitrogens with two attached hydrogens (primary N) is 1. The highest BCUT2D eigenvalue weighted by molar-refractivity contribution is 7.17. The summed E-state index contributed by atoms with van der Waals surface area (Å²) in [6.07, 6.45) is 0. The Balaban J connectivity index is 2.82. The van der Waals surface area contributed by atoms with Gasteiger partial charge in [-0.2, -0.15) is 0 Å². The van der Waals surface area contributed by atoms with E-state index < -0.39 is 0 Å². The lowest BCUT2D eigenvalue weighted by molar-refractivity contribution is 0.282. The summed E-state index contributed by atoms with van der Waals surface area (Å²) < 4.78 is 1.04. The smallest absolute Gasteiger partial charge is 0.0699 e. The van der Waals surface area contributed by atoms with Crippen LogP contribution in [0.3, 0.4) is 0 Å². The fourth-order valence-corrected chi connectivity index (χ4v) is 2.79. The van der Waals surface area contributed by atoms with Crippen molar-refractivity contribution in [3.63, 3.8) is 0 Å². The normalized spacial score (nSPS) is 11.0. The molecule has 0 spiro atoms. The van der Waals surface area contributed by atoms with E-state index in [0.717, 1.165) is 26.9 Å². The number of halogens is 1. The molecule has 0 bridgehead atoms. The van der Waals surface area contributed by atoms with E-state index in [0.29, 0.717) is 5.88 Å². The standard InChI is InChI=1S/C10H10ClNOS/c11-4-6-3-9(12)7-1-2-14-10(7)8(6)5-13/h1-3,13H,4-5,12H2. The zero-order valence-electron chi connectivity index (χ0n) is 7.46. The molecule has 0 atom stereocenters. The van der Waals surface area contributed by atoms with Crippen LogP contribution in [0.4, 0.5) is 5.69 Å². The van der Waals surface area contributed by atoms with E-state index in [4.69, 9.17) is 17.3 Å². The lowest BCUT2D eigenvalue weighted by Crippen LogP contribution is -1.95. The number of fused-ring (bicyclic) bond motifs is 1. The summed E-state index contributed by atoms with van der Waals surface area (Å²) in [5, 5.41) is 12.2. The Bertz CT molecular complexity index is 466. The summed E-state index contributed by atoms with van der Waals surface area (Å²) >= 11 is 7.37. The second kappa shape index (κ2) is 3.77. The van der Waals surface area contributed by atoms with Gasteiger partial charge in [0.25, 0.3) is 0 Å². The number of benzene rings is 1. The number of hydrogen-bond donors (Lipinski definition) is 2. The number of thiophene rings is 1. The van der Waals surface area contributed by atoms with Crippen molar-refractivity contribution in [2.75, 3.05) is 5.73 Å². The molecule has 1 aromatic carbocycles. The molecule has 0 fully saturated rings. The number of hydrogen-bond acceptors (Lipinski definition) is 3. The minimum atomic E-state index is 0.0132. The highest BCUT2D eigenvalue weighted by Crippen LogP contribution is 2.33. The number of anilines is 1. The first-order chi connectivity index (χ1) is 6.77. The number of aliphatic hydroxyl groups excluding tert-OH is 1. The highest BCUT2D eigenvalue weighted by Gasteiger charge is 2.10. The highest BCUT2D eigenvalue weighted by atomic mass is 35.5. The molecular formula is C10H10ClNOS. The third kappa shape index (κ3) is 1.38. The number of nitrogen functional groups attached to an aromatic ring is 1. The van der Waals surface area contributed by atoms with Crippen molar-refractivity contribution in [2.45, 2.75) is 12.5 Å². The molecule has 0 unspecified atom stereocenters. The van der Waals surface area contributed by atoms with Gasteiger partial charge < -0.3 is 10.8 Å². The topological polar surface area (TPSA) is 46.2 Å². The minimum Gasteiger partial charge on any atom is -0.398 e. The van der Waals surface area contributed by atoms with Gasteiger partial charge in [-0.25, -0.2) is 0 Å². The number of aliphatic hydroxyl groups is 1. The number of alkyl halides is 1. The van der Waals surface area contributed by atoms with E-state index in [2.05, 4.69) is 0 Å². The van der Waals surface area contributed by atoms with E-state index in [1.165, 1.54) is 0 Å². The molecule has 0 radical (unpaired) electrons. The molecule has 2 rings (SSSR count). The molecule has 0 saturated carbocycles. The molecule has 1 heterocycles. The number of rotatable bonds is 2. The molecule has 1 aromatic heterocycles. The SMILES string of the molecule is Nc1cc(CCl)c(CO)c2sccc12. The lowest BCUT2D eigenvalue weighted by atomic mass is 10.1. The molecular weight excluding hydrogens is 218 g/mol. The maximum atomic E-state index is 9.26. The van der Waals surface area contributed by atoms with Crippen LogP contribution in [0.5, 0.6) is 0 Å². The zero-order chi connectivity index (χ0) is 10.1. The zero-order valence-corrected chi connectivity index (χ0v) is 9.03. The minimum absolute atomic E-state index is 0.0132. The van der Waals surface area contributed by atoms with Crippen LogP contribution in [0.1, 0.15) is 11.1 Å². The summed E-state index contributed by atoms with van der Waals surface area (Å²) in [5.74, 6) is 0.383. The Hall–Kier alpha value is -0.770. The molecule has 2 nitrogen and oxygen atoms in total. The van der Waals surface area contributed by atoms with Crippen LogP contribution in [0, 0.1) is 0 Å². The third-order valence-electron chi connectivity index (χ3n) is 2.27. The first kappa shape index (κ1) is 9.77. The van der Waals surface area contributed by atoms with Gasteiger partial charge in [0.1, 0.15) is 0 Å². The van der Waals surface area contributed by atoms with Crippen LogP contribution in [0.15, 0.2) is 17.5 Å². The summed E-state index contributed by atoms with van der Waals surface area (Å²) in [6, 6.07) is 3.81. The summed E-state index contributed by atoms with van der Waals surface area (Å²) in [4.78, 5) is 0. The Morgan fingerprint density at radius 1 is 1.50 bits per heavy atom. The molecule has 0 saturated heterocycles. The predicted octanol–water partition coefficient (Wildman–Crippen LogP) is 2.71.